The smallest absolute Gasteiger partial charge is 0.370 e. The molecule has 0 saturated heterocycles. The second kappa shape index (κ2) is 5.88. The molecule has 0 aliphatic rings. The Morgan fingerprint density at radius 3 is 2.56 bits per heavy atom. The number of hydrogen-bond acceptors (Lipinski definition) is 4. The highest BCUT2D eigenvalue weighted by Crippen LogP contribution is 2.21. The van der Waals surface area contributed by atoms with Crippen molar-refractivity contribution in [2.45, 2.75) is 26.4 Å². The lowest BCUT2D eigenvalue weighted by Gasteiger charge is -2.20. The van der Waals surface area contributed by atoms with Gasteiger partial charge in [-0.25, -0.2) is 9.97 Å². The number of hydrogen-bond donors (Lipinski definition) is 1. The Morgan fingerprint density at radius 1 is 1.33 bits per heavy atom. The van der Waals surface area contributed by atoms with Crippen LogP contribution in [0.4, 0.5) is 24.8 Å². The summed E-state index contributed by atoms with van der Waals surface area (Å²) < 4.78 is 36.9. The van der Waals surface area contributed by atoms with Crippen molar-refractivity contribution in [3.05, 3.63) is 11.9 Å². The van der Waals surface area contributed by atoms with Crippen molar-refractivity contribution in [3.8, 4) is 0 Å². The van der Waals surface area contributed by atoms with Crippen LogP contribution in [0.5, 0.6) is 0 Å². The Balaban J connectivity index is 2.84. The summed E-state index contributed by atoms with van der Waals surface area (Å²) >= 11 is 0. The third-order valence-electron chi connectivity index (χ3n) is 2.19. The van der Waals surface area contributed by atoms with Crippen LogP contribution in [0.15, 0.2) is 6.07 Å². The van der Waals surface area contributed by atoms with E-state index in [2.05, 4.69) is 15.3 Å². The van der Waals surface area contributed by atoms with Gasteiger partial charge in [0.2, 0.25) is 0 Å². The van der Waals surface area contributed by atoms with Crippen LogP contribution in [-0.2, 0) is 0 Å². The molecule has 0 unspecified atom stereocenters. The van der Waals surface area contributed by atoms with E-state index < -0.39 is 12.7 Å². The Kier molecular flexibility index (Phi) is 4.75. The predicted octanol–water partition coefficient (Wildman–Crippen LogP) is 2.61. The first-order chi connectivity index (χ1) is 8.31. The number of alkyl halides is 3. The summed E-state index contributed by atoms with van der Waals surface area (Å²) in [6.07, 6.45) is -3.33. The minimum atomic E-state index is -4.25. The molecule has 102 valence electrons. The molecule has 0 spiro atoms. The van der Waals surface area contributed by atoms with Crippen LogP contribution in [0.1, 0.15) is 19.2 Å². The maximum atomic E-state index is 12.3. The van der Waals surface area contributed by atoms with Gasteiger partial charge in [-0.1, -0.05) is 6.92 Å². The molecule has 0 amide bonds. The van der Waals surface area contributed by atoms with Gasteiger partial charge in [0.1, 0.15) is 24.0 Å². The number of halogens is 3. The zero-order valence-electron chi connectivity index (χ0n) is 10.7. The first-order valence-corrected chi connectivity index (χ1v) is 5.69. The van der Waals surface area contributed by atoms with Crippen LogP contribution in [-0.4, -0.2) is 36.3 Å². The van der Waals surface area contributed by atoms with E-state index in [4.69, 9.17) is 0 Å². The molecule has 0 saturated carbocycles. The van der Waals surface area contributed by atoms with E-state index in [1.807, 2.05) is 6.92 Å². The largest absolute Gasteiger partial charge is 0.405 e. The number of nitrogens with one attached hydrogen (secondary N) is 1. The molecule has 1 rings (SSSR count). The molecular formula is C11H17F3N4. The minimum Gasteiger partial charge on any atom is -0.370 e. The molecule has 1 aromatic heterocycles. The monoisotopic (exact) mass is 262 g/mol. The van der Waals surface area contributed by atoms with Crippen LogP contribution < -0.4 is 10.2 Å². The van der Waals surface area contributed by atoms with Gasteiger partial charge in [0.05, 0.1) is 0 Å². The van der Waals surface area contributed by atoms with E-state index >= 15 is 0 Å². The maximum absolute atomic E-state index is 12.3. The molecule has 18 heavy (non-hydrogen) atoms. The van der Waals surface area contributed by atoms with Crippen molar-refractivity contribution in [1.82, 2.24) is 9.97 Å². The molecule has 0 atom stereocenters. The number of nitrogens with zero attached hydrogens (tertiary/aromatic N) is 3. The molecule has 0 radical (unpaired) electrons. The molecule has 0 fully saturated rings. The summed E-state index contributed by atoms with van der Waals surface area (Å²) in [5, 5.41) is 3.03. The van der Waals surface area contributed by atoms with Crippen LogP contribution in [0.3, 0.4) is 0 Å². The zero-order chi connectivity index (χ0) is 13.8. The van der Waals surface area contributed by atoms with Crippen LogP contribution in [0.2, 0.25) is 0 Å². The standard InChI is InChI=1S/C11H17F3N4/c1-4-5-15-9-6-10(17-8(2)16-9)18(3)7-11(12,13)14/h6H,4-5,7H2,1-3H3,(H,15,16,17). The normalized spacial score (nSPS) is 11.4. The highest BCUT2D eigenvalue weighted by Gasteiger charge is 2.30. The van der Waals surface area contributed by atoms with Crippen LogP contribution >= 0.6 is 0 Å². The Labute approximate surface area is 104 Å². The van der Waals surface area contributed by atoms with E-state index in [0.717, 1.165) is 17.9 Å². The fourth-order valence-corrected chi connectivity index (χ4v) is 1.44. The van der Waals surface area contributed by atoms with E-state index in [1.54, 1.807) is 6.92 Å². The average molecular weight is 262 g/mol. The van der Waals surface area contributed by atoms with E-state index in [-0.39, 0.29) is 5.82 Å². The van der Waals surface area contributed by atoms with Crippen molar-refractivity contribution < 1.29 is 13.2 Å². The van der Waals surface area contributed by atoms with Gasteiger partial charge in [0.25, 0.3) is 0 Å². The summed E-state index contributed by atoms with van der Waals surface area (Å²) in [6.45, 7) is 3.34. The van der Waals surface area contributed by atoms with Gasteiger partial charge in [-0.15, -0.1) is 0 Å². The summed E-state index contributed by atoms with van der Waals surface area (Å²) in [5.74, 6) is 1.26. The van der Waals surface area contributed by atoms with E-state index in [1.165, 1.54) is 13.1 Å². The molecule has 0 aromatic carbocycles. The third-order valence-corrected chi connectivity index (χ3v) is 2.19. The second-order valence-electron chi connectivity index (χ2n) is 4.06. The lowest BCUT2D eigenvalue weighted by atomic mass is 10.4. The fraction of sp³-hybridized carbons (Fsp3) is 0.636. The highest BCUT2D eigenvalue weighted by molar-refractivity contribution is 5.49. The number of aryl methyl sites for hydroxylation is 1. The summed E-state index contributed by atoms with van der Waals surface area (Å²) in [5.41, 5.74) is 0. The molecule has 1 heterocycles. The quantitative estimate of drug-likeness (QED) is 0.885. The Bertz CT molecular complexity index is 392. The molecule has 4 nitrogen and oxygen atoms in total. The van der Waals surface area contributed by atoms with E-state index in [9.17, 15) is 13.2 Å². The molecule has 0 bridgehead atoms. The number of aromatic nitrogens is 2. The fourth-order valence-electron chi connectivity index (χ4n) is 1.44. The second-order valence-corrected chi connectivity index (χ2v) is 4.06. The SMILES string of the molecule is CCCNc1cc(N(C)CC(F)(F)F)nc(C)n1. The third kappa shape index (κ3) is 4.77. The Hall–Kier alpha value is -1.53. The van der Waals surface area contributed by atoms with Crippen molar-refractivity contribution in [2.24, 2.45) is 0 Å². The average Bonchev–Trinajstić information content (AvgIpc) is 2.23. The molecule has 0 aliphatic carbocycles. The van der Waals surface area contributed by atoms with Crippen LogP contribution in [0, 0.1) is 6.92 Å². The predicted molar refractivity (Wildman–Crippen MR) is 64.9 cm³/mol. The van der Waals surface area contributed by atoms with Gasteiger partial charge >= 0.3 is 6.18 Å². The first kappa shape index (κ1) is 14.5. The first-order valence-electron chi connectivity index (χ1n) is 5.69. The molecular weight excluding hydrogens is 245 g/mol. The van der Waals surface area contributed by atoms with Gasteiger partial charge in [-0.3, -0.25) is 0 Å². The highest BCUT2D eigenvalue weighted by atomic mass is 19.4. The number of rotatable bonds is 5. The van der Waals surface area contributed by atoms with Gasteiger partial charge in [-0.2, -0.15) is 13.2 Å². The van der Waals surface area contributed by atoms with Crippen molar-refractivity contribution >= 4 is 11.6 Å². The molecule has 1 aromatic rings. The van der Waals surface area contributed by atoms with Gasteiger partial charge in [0.15, 0.2) is 0 Å². The summed E-state index contributed by atoms with van der Waals surface area (Å²) in [4.78, 5) is 9.18. The molecule has 0 aliphatic heterocycles. The topological polar surface area (TPSA) is 41.0 Å². The van der Waals surface area contributed by atoms with Gasteiger partial charge < -0.3 is 10.2 Å². The number of anilines is 2. The van der Waals surface area contributed by atoms with Crippen LogP contribution in [0.25, 0.3) is 0 Å². The lowest BCUT2D eigenvalue weighted by molar-refractivity contribution is -0.119. The van der Waals surface area contributed by atoms with Gasteiger partial charge in [-0.05, 0) is 13.3 Å². The van der Waals surface area contributed by atoms with E-state index in [0.29, 0.717) is 11.6 Å². The molecule has 7 heteroatoms. The van der Waals surface area contributed by atoms with Crippen molar-refractivity contribution in [1.29, 1.82) is 0 Å². The van der Waals surface area contributed by atoms with Gasteiger partial charge in [0, 0.05) is 19.7 Å². The zero-order valence-corrected chi connectivity index (χ0v) is 10.7. The Morgan fingerprint density at radius 2 is 2.00 bits per heavy atom. The molecule has 1 N–H and O–H groups in total. The summed E-state index contributed by atoms with van der Waals surface area (Å²) in [6, 6.07) is 1.52. The maximum Gasteiger partial charge on any atom is 0.405 e. The lowest BCUT2D eigenvalue weighted by Crippen LogP contribution is -2.31. The van der Waals surface area contributed by atoms with Crippen molar-refractivity contribution in [3.63, 3.8) is 0 Å². The summed E-state index contributed by atoms with van der Waals surface area (Å²) in [7, 11) is 1.36. The van der Waals surface area contributed by atoms with Crippen molar-refractivity contribution in [2.75, 3.05) is 30.4 Å². The minimum absolute atomic E-state index is 0.262.